The summed E-state index contributed by atoms with van der Waals surface area (Å²) in [6.07, 6.45) is -1.84. The maximum Gasteiger partial charge on any atom is 0.508 e. The van der Waals surface area contributed by atoms with Crippen molar-refractivity contribution in [3.05, 3.63) is 59.7 Å². The molecule has 4 nitrogen and oxygen atoms in total. The van der Waals surface area contributed by atoms with Crippen LogP contribution in [-0.4, -0.2) is 41.6 Å². The Morgan fingerprint density at radius 3 is 2.24 bits per heavy atom. The average molecular weight is 374 g/mol. The van der Waals surface area contributed by atoms with Crippen LogP contribution in [0.25, 0.3) is 11.1 Å². The van der Waals surface area contributed by atoms with Gasteiger partial charge in [0.15, 0.2) is 0 Å². The van der Waals surface area contributed by atoms with E-state index in [1.807, 2.05) is 24.3 Å². The summed E-state index contributed by atoms with van der Waals surface area (Å²) in [6, 6.07) is 16.4. The van der Waals surface area contributed by atoms with E-state index in [0.717, 1.165) is 0 Å². The van der Waals surface area contributed by atoms with Crippen LogP contribution >= 0.6 is 21.6 Å². The Morgan fingerprint density at radius 1 is 1.00 bits per heavy atom. The lowest BCUT2D eigenvalue weighted by Crippen LogP contribution is -2.37. The van der Waals surface area contributed by atoms with Gasteiger partial charge in [-0.05, 0) is 22.3 Å². The highest BCUT2D eigenvalue weighted by Gasteiger charge is 2.31. The summed E-state index contributed by atoms with van der Waals surface area (Å²) >= 11 is 0. The average Bonchev–Trinajstić information content (AvgIpc) is 2.96. The van der Waals surface area contributed by atoms with Crippen molar-refractivity contribution < 1.29 is 19.4 Å². The summed E-state index contributed by atoms with van der Waals surface area (Å²) in [5.41, 5.74) is 4.72. The first-order chi connectivity index (χ1) is 12.2. The lowest BCUT2D eigenvalue weighted by molar-refractivity contribution is -0.0151. The number of aliphatic hydroxyl groups is 1. The van der Waals surface area contributed by atoms with E-state index < -0.39 is 18.4 Å². The Morgan fingerprint density at radius 2 is 1.60 bits per heavy atom. The second-order valence-electron chi connectivity index (χ2n) is 6.08. The topological polar surface area (TPSA) is 55.8 Å². The molecular formula is C19H18O4S2. The summed E-state index contributed by atoms with van der Waals surface area (Å²) < 4.78 is 10.7. The summed E-state index contributed by atoms with van der Waals surface area (Å²) in [4.78, 5) is 12.1. The highest BCUT2D eigenvalue weighted by Crippen LogP contribution is 2.44. The van der Waals surface area contributed by atoms with Gasteiger partial charge in [0.05, 0.1) is 0 Å². The van der Waals surface area contributed by atoms with Gasteiger partial charge in [-0.25, -0.2) is 4.79 Å². The quantitative estimate of drug-likeness (QED) is 0.645. The largest absolute Gasteiger partial charge is 0.508 e. The van der Waals surface area contributed by atoms with Crippen molar-refractivity contribution in [3.63, 3.8) is 0 Å². The molecule has 1 fully saturated rings. The SMILES string of the molecule is O=C(OCC1c2ccccc2-c2ccccc21)OC1CSSCC1O. The minimum atomic E-state index is -0.710. The number of carbonyl (C=O) groups excluding carboxylic acids is 1. The maximum absolute atomic E-state index is 12.1. The molecule has 4 rings (SSSR count). The van der Waals surface area contributed by atoms with Crippen LogP contribution in [0.15, 0.2) is 48.5 Å². The molecule has 0 amide bonds. The second kappa shape index (κ2) is 7.32. The molecule has 1 heterocycles. The van der Waals surface area contributed by atoms with E-state index in [1.54, 1.807) is 21.6 Å². The number of aliphatic hydroxyl groups excluding tert-OH is 1. The zero-order valence-corrected chi connectivity index (χ0v) is 15.1. The van der Waals surface area contributed by atoms with Crippen LogP contribution in [0.4, 0.5) is 4.79 Å². The van der Waals surface area contributed by atoms with Crippen LogP contribution in [0.2, 0.25) is 0 Å². The molecule has 2 unspecified atom stereocenters. The smallest absolute Gasteiger partial charge is 0.433 e. The lowest BCUT2D eigenvalue weighted by Gasteiger charge is -2.26. The molecule has 0 radical (unpaired) electrons. The molecule has 2 aliphatic rings. The van der Waals surface area contributed by atoms with Gasteiger partial charge in [-0.2, -0.15) is 0 Å². The molecule has 1 saturated heterocycles. The predicted molar refractivity (Wildman–Crippen MR) is 101 cm³/mol. The van der Waals surface area contributed by atoms with Crippen LogP contribution in [0.5, 0.6) is 0 Å². The first-order valence-corrected chi connectivity index (χ1v) is 10.7. The van der Waals surface area contributed by atoms with Crippen molar-refractivity contribution in [1.82, 2.24) is 0 Å². The van der Waals surface area contributed by atoms with E-state index in [1.165, 1.54) is 22.3 Å². The molecule has 2 atom stereocenters. The third kappa shape index (κ3) is 3.38. The van der Waals surface area contributed by atoms with Crippen LogP contribution in [0, 0.1) is 0 Å². The van der Waals surface area contributed by atoms with E-state index in [-0.39, 0.29) is 12.5 Å². The van der Waals surface area contributed by atoms with E-state index in [4.69, 9.17) is 9.47 Å². The summed E-state index contributed by atoms with van der Waals surface area (Å²) in [5, 5.41) is 9.89. The predicted octanol–water partition coefficient (Wildman–Crippen LogP) is 4.08. The van der Waals surface area contributed by atoms with E-state index in [0.29, 0.717) is 11.5 Å². The van der Waals surface area contributed by atoms with Gasteiger partial charge in [-0.1, -0.05) is 70.1 Å². The van der Waals surface area contributed by atoms with Gasteiger partial charge in [0.2, 0.25) is 0 Å². The van der Waals surface area contributed by atoms with Gasteiger partial charge in [0.1, 0.15) is 18.8 Å². The number of carbonyl (C=O) groups is 1. The first kappa shape index (κ1) is 16.8. The molecule has 0 spiro atoms. The highest BCUT2D eigenvalue weighted by molar-refractivity contribution is 8.76. The maximum atomic E-state index is 12.1. The third-order valence-electron chi connectivity index (χ3n) is 4.56. The van der Waals surface area contributed by atoms with Crippen LogP contribution in [0.1, 0.15) is 17.0 Å². The van der Waals surface area contributed by atoms with Gasteiger partial charge in [0, 0.05) is 17.4 Å². The van der Waals surface area contributed by atoms with Crippen molar-refractivity contribution in [3.8, 4) is 11.1 Å². The number of rotatable bonds is 3. The van der Waals surface area contributed by atoms with Crippen LogP contribution in [0.3, 0.4) is 0 Å². The molecule has 2 aromatic carbocycles. The molecule has 0 bridgehead atoms. The number of hydrogen-bond acceptors (Lipinski definition) is 6. The molecule has 130 valence electrons. The van der Waals surface area contributed by atoms with Crippen molar-refractivity contribution in [2.45, 2.75) is 18.1 Å². The molecule has 1 aliphatic heterocycles. The van der Waals surface area contributed by atoms with Gasteiger partial charge in [-0.3, -0.25) is 0 Å². The Hall–Kier alpha value is -1.63. The van der Waals surface area contributed by atoms with Crippen molar-refractivity contribution in [1.29, 1.82) is 0 Å². The van der Waals surface area contributed by atoms with Crippen molar-refractivity contribution in [2.75, 3.05) is 18.1 Å². The Balaban J connectivity index is 1.45. The fourth-order valence-corrected chi connectivity index (χ4v) is 5.68. The minimum absolute atomic E-state index is 0.0150. The number of hydrogen-bond donors (Lipinski definition) is 1. The zero-order valence-electron chi connectivity index (χ0n) is 13.5. The molecule has 25 heavy (non-hydrogen) atoms. The zero-order chi connectivity index (χ0) is 17.2. The monoisotopic (exact) mass is 374 g/mol. The molecule has 0 saturated carbocycles. The number of ether oxygens (including phenoxy) is 2. The lowest BCUT2D eigenvalue weighted by atomic mass is 9.98. The van der Waals surface area contributed by atoms with Gasteiger partial charge < -0.3 is 14.6 Å². The van der Waals surface area contributed by atoms with Gasteiger partial charge >= 0.3 is 6.16 Å². The summed E-state index contributed by atoms with van der Waals surface area (Å²) in [5.74, 6) is 1.16. The van der Waals surface area contributed by atoms with E-state index in [2.05, 4.69) is 24.3 Å². The molecule has 1 N–H and O–H groups in total. The fraction of sp³-hybridized carbons (Fsp3) is 0.316. The van der Waals surface area contributed by atoms with E-state index in [9.17, 15) is 9.90 Å². The van der Waals surface area contributed by atoms with Crippen LogP contribution < -0.4 is 0 Å². The minimum Gasteiger partial charge on any atom is -0.433 e. The molecule has 6 heteroatoms. The van der Waals surface area contributed by atoms with Gasteiger partial charge in [0.25, 0.3) is 0 Å². The van der Waals surface area contributed by atoms with Gasteiger partial charge in [-0.15, -0.1) is 0 Å². The number of benzene rings is 2. The Labute approximate surface area is 154 Å². The fourth-order valence-electron chi connectivity index (χ4n) is 3.31. The molecule has 2 aromatic rings. The second-order valence-corrected chi connectivity index (χ2v) is 8.63. The van der Waals surface area contributed by atoms with Crippen molar-refractivity contribution >= 4 is 27.7 Å². The van der Waals surface area contributed by atoms with Crippen molar-refractivity contribution in [2.24, 2.45) is 0 Å². The Bertz CT molecular complexity index is 734. The normalized spacial score (nSPS) is 22.1. The summed E-state index contributed by atoms with van der Waals surface area (Å²) in [6.45, 7) is 0.234. The third-order valence-corrected chi connectivity index (χ3v) is 6.99. The first-order valence-electron chi connectivity index (χ1n) is 8.18. The molecule has 1 aliphatic carbocycles. The van der Waals surface area contributed by atoms with E-state index >= 15 is 0 Å². The number of fused-ring (bicyclic) bond motifs is 3. The standard InChI is InChI=1S/C19H18O4S2/c20-17-10-24-25-11-18(17)23-19(21)22-9-16-14-7-3-1-5-12(14)13-6-2-4-8-15(13)16/h1-8,16-18,20H,9-11H2. The summed E-state index contributed by atoms with van der Waals surface area (Å²) in [7, 11) is 3.18. The Kier molecular flexibility index (Phi) is 4.92. The molecular weight excluding hydrogens is 356 g/mol. The highest BCUT2D eigenvalue weighted by atomic mass is 33.1. The molecule has 0 aromatic heterocycles. The van der Waals surface area contributed by atoms with Crippen LogP contribution in [-0.2, 0) is 9.47 Å².